The highest BCUT2D eigenvalue weighted by molar-refractivity contribution is 5.85. The Labute approximate surface area is 159 Å². The molecule has 2 aromatic carbocycles. The molecule has 0 fully saturated rings. The summed E-state index contributed by atoms with van der Waals surface area (Å²) in [4.78, 5) is 12.1. The standard InChI is InChI=1S/C19H23FN2O3.ClH/c1-12-9-14(5-7-17(12)20)11-21-19(23)22-13(2)16-10-15(24-3)6-8-18(16)25-4;/h5-10,13H,11H2,1-4H3,(H2,21,22,23);1H. The van der Waals surface area contributed by atoms with Crippen molar-refractivity contribution < 1.29 is 18.7 Å². The average molecular weight is 383 g/mol. The molecule has 0 saturated heterocycles. The Bertz CT molecular complexity index is 756. The molecule has 0 aliphatic carbocycles. The lowest BCUT2D eigenvalue weighted by Gasteiger charge is -2.18. The maximum Gasteiger partial charge on any atom is 0.315 e. The summed E-state index contributed by atoms with van der Waals surface area (Å²) in [5.74, 6) is 1.10. The summed E-state index contributed by atoms with van der Waals surface area (Å²) < 4.78 is 23.8. The molecule has 0 aromatic heterocycles. The fraction of sp³-hybridized carbons (Fsp3) is 0.316. The van der Waals surface area contributed by atoms with E-state index < -0.39 is 0 Å². The molecular formula is C19H24ClFN2O3. The van der Waals surface area contributed by atoms with E-state index in [2.05, 4.69) is 10.6 Å². The summed E-state index contributed by atoms with van der Waals surface area (Å²) in [6.45, 7) is 3.86. The number of hydrogen-bond donors (Lipinski definition) is 2. The van der Waals surface area contributed by atoms with Gasteiger partial charge < -0.3 is 20.1 Å². The topological polar surface area (TPSA) is 59.6 Å². The fourth-order valence-corrected chi connectivity index (χ4v) is 2.50. The van der Waals surface area contributed by atoms with Gasteiger partial charge in [0.2, 0.25) is 0 Å². The number of carbonyl (C=O) groups is 1. The van der Waals surface area contributed by atoms with Crippen molar-refractivity contribution in [3.05, 3.63) is 58.9 Å². The van der Waals surface area contributed by atoms with E-state index in [0.717, 1.165) is 11.1 Å². The fourth-order valence-electron chi connectivity index (χ4n) is 2.50. The Morgan fingerprint density at radius 2 is 1.88 bits per heavy atom. The molecule has 0 aliphatic heterocycles. The SMILES string of the molecule is COc1ccc(OC)c(C(C)NC(=O)NCc2ccc(F)c(C)c2)c1.Cl. The van der Waals surface area contributed by atoms with Gasteiger partial charge in [0, 0.05) is 12.1 Å². The maximum atomic E-state index is 13.3. The molecule has 26 heavy (non-hydrogen) atoms. The number of urea groups is 1. The third kappa shape index (κ3) is 5.52. The zero-order chi connectivity index (χ0) is 18.4. The summed E-state index contributed by atoms with van der Waals surface area (Å²) in [5.41, 5.74) is 2.20. The number of rotatable bonds is 6. The quantitative estimate of drug-likeness (QED) is 0.789. The van der Waals surface area contributed by atoms with E-state index in [1.165, 1.54) is 6.07 Å². The van der Waals surface area contributed by atoms with Crippen molar-refractivity contribution in [1.82, 2.24) is 10.6 Å². The monoisotopic (exact) mass is 382 g/mol. The molecule has 7 heteroatoms. The first-order chi connectivity index (χ1) is 11.9. The molecule has 1 unspecified atom stereocenters. The Kier molecular flexibility index (Phi) is 8.19. The molecule has 1 atom stereocenters. The van der Waals surface area contributed by atoms with Crippen molar-refractivity contribution >= 4 is 18.4 Å². The van der Waals surface area contributed by atoms with Crippen LogP contribution in [0.25, 0.3) is 0 Å². The van der Waals surface area contributed by atoms with Gasteiger partial charge in [0.25, 0.3) is 0 Å². The van der Waals surface area contributed by atoms with E-state index in [-0.39, 0.29) is 30.3 Å². The van der Waals surface area contributed by atoms with Gasteiger partial charge >= 0.3 is 6.03 Å². The van der Waals surface area contributed by atoms with E-state index in [9.17, 15) is 9.18 Å². The summed E-state index contributed by atoms with van der Waals surface area (Å²) in [6, 6.07) is 9.58. The van der Waals surface area contributed by atoms with Gasteiger partial charge in [0.05, 0.1) is 20.3 Å². The number of benzene rings is 2. The van der Waals surface area contributed by atoms with Crippen LogP contribution < -0.4 is 20.1 Å². The van der Waals surface area contributed by atoms with Crippen molar-refractivity contribution in [3.63, 3.8) is 0 Å². The lowest BCUT2D eigenvalue weighted by Crippen LogP contribution is -2.36. The van der Waals surface area contributed by atoms with Crippen LogP contribution in [0.5, 0.6) is 11.5 Å². The van der Waals surface area contributed by atoms with Crippen LogP contribution >= 0.6 is 12.4 Å². The van der Waals surface area contributed by atoms with Crippen molar-refractivity contribution in [3.8, 4) is 11.5 Å². The number of ether oxygens (including phenoxy) is 2. The van der Waals surface area contributed by atoms with Crippen LogP contribution in [-0.2, 0) is 6.54 Å². The first-order valence-corrected chi connectivity index (χ1v) is 7.96. The number of hydrogen-bond acceptors (Lipinski definition) is 3. The van der Waals surface area contributed by atoms with Gasteiger partial charge in [0.1, 0.15) is 17.3 Å². The Morgan fingerprint density at radius 1 is 1.15 bits per heavy atom. The molecule has 0 radical (unpaired) electrons. The number of nitrogens with one attached hydrogen (secondary N) is 2. The van der Waals surface area contributed by atoms with Crippen LogP contribution in [0.4, 0.5) is 9.18 Å². The predicted octanol–water partition coefficient (Wildman–Crippen LogP) is 4.13. The molecule has 0 heterocycles. The zero-order valence-electron chi connectivity index (χ0n) is 15.3. The molecule has 2 rings (SSSR count). The lowest BCUT2D eigenvalue weighted by molar-refractivity contribution is 0.237. The van der Waals surface area contributed by atoms with E-state index in [1.807, 2.05) is 13.0 Å². The van der Waals surface area contributed by atoms with Crippen molar-refractivity contribution in [2.45, 2.75) is 26.4 Å². The van der Waals surface area contributed by atoms with Gasteiger partial charge in [0.15, 0.2) is 0 Å². The van der Waals surface area contributed by atoms with E-state index >= 15 is 0 Å². The minimum Gasteiger partial charge on any atom is -0.497 e. The van der Waals surface area contributed by atoms with Gasteiger partial charge in [-0.1, -0.05) is 12.1 Å². The van der Waals surface area contributed by atoms with Gasteiger partial charge in [-0.15, -0.1) is 12.4 Å². The van der Waals surface area contributed by atoms with Gasteiger partial charge in [-0.3, -0.25) is 0 Å². The van der Waals surface area contributed by atoms with Crippen LogP contribution in [0.3, 0.4) is 0 Å². The largest absolute Gasteiger partial charge is 0.497 e. The molecular weight excluding hydrogens is 359 g/mol. The molecule has 0 saturated carbocycles. The number of methoxy groups -OCH3 is 2. The first-order valence-electron chi connectivity index (χ1n) is 7.96. The van der Waals surface area contributed by atoms with Crippen molar-refractivity contribution in [1.29, 1.82) is 0 Å². The Morgan fingerprint density at radius 3 is 2.50 bits per heavy atom. The highest BCUT2D eigenvalue weighted by Gasteiger charge is 2.15. The zero-order valence-corrected chi connectivity index (χ0v) is 16.1. The molecule has 2 N–H and O–H groups in total. The van der Waals surface area contributed by atoms with Gasteiger partial charge in [-0.05, 0) is 49.2 Å². The smallest absolute Gasteiger partial charge is 0.315 e. The summed E-state index contributed by atoms with van der Waals surface area (Å²) in [5, 5.41) is 5.63. The van der Waals surface area contributed by atoms with Crippen LogP contribution in [0.2, 0.25) is 0 Å². The first kappa shape index (κ1) is 21.6. The lowest BCUT2D eigenvalue weighted by atomic mass is 10.1. The van der Waals surface area contributed by atoms with Crippen molar-refractivity contribution in [2.24, 2.45) is 0 Å². The molecule has 0 spiro atoms. The second-order valence-electron chi connectivity index (χ2n) is 5.74. The number of amides is 2. The number of aryl methyl sites for hydroxylation is 1. The number of carbonyl (C=O) groups excluding carboxylic acids is 1. The maximum absolute atomic E-state index is 13.3. The third-order valence-electron chi connectivity index (χ3n) is 3.93. The van der Waals surface area contributed by atoms with Crippen LogP contribution in [0, 0.1) is 12.7 Å². The third-order valence-corrected chi connectivity index (χ3v) is 3.93. The summed E-state index contributed by atoms with van der Waals surface area (Å²) >= 11 is 0. The van der Waals surface area contributed by atoms with E-state index in [4.69, 9.17) is 9.47 Å². The second-order valence-corrected chi connectivity index (χ2v) is 5.74. The molecule has 2 amide bonds. The average Bonchev–Trinajstić information content (AvgIpc) is 2.62. The van der Waals surface area contributed by atoms with E-state index in [1.54, 1.807) is 45.4 Å². The minimum atomic E-state index is -0.320. The van der Waals surface area contributed by atoms with Crippen LogP contribution in [0.15, 0.2) is 36.4 Å². The normalized spacial score (nSPS) is 11.1. The minimum absolute atomic E-state index is 0. The van der Waals surface area contributed by atoms with E-state index in [0.29, 0.717) is 23.6 Å². The Hall–Kier alpha value is -2.47. The second kappa shape index (κ2) is 9.87. The predicted molar refractivity (Wildman–Crippen MR) is 102 cm³/mol. The summed E-state index contributed by atoms with van der Waals surface area (Å²) in [6.07, 6.45) is 0. The molecule has 5 nitrogen and oxygen atoms in total. The van der Waals surface area contributed by atoms with Crippen LogP contribution in [-0.4, -0.2) is 20.3 Å². The van der Waals surface area contributed by atoms with Gasteiger partial charge in [-0.25, -0.2) is 9.18 Å². The highest BCUT2D eigenvalue weighted by atomic mass is 35.5. The van der Waals surface area contributed by atoms with Gasteiger partial charge in [-0.2, -0.15) is 0 Å². The molecule has 2 aromatic rings. The highest BCUT2D eigenvalue weighted by Crippen LogP contribution is 2.29. The molecule has 0 aliphatic rings. The van der Waals surface area contributed by atoms with Crippen molar-refractivity contribution in [2.75, 3.05) is 14.2 Å². The van der Waals surface area contributed by atoms with Crippen LogP contribution in [0.1, 0.15) is 29.7 Å². The Balaban J connectivity index is 0.00000338. The molecule has 142 valence electrons. The number of halogens is 2. The summed E-state index contributed by atoms with van der Waals surface area (Å²) in [7, 11) is 3.16. The molecule has 0 bridgehead atoms.